The monoisotopic (exact) mass is 302 g/mol. The Balaban J connectivity index is 2.54. The molecule has 1 aliphatic rings. The third kappa shape index (κ3) is 4.32. The number of thioether (sulfide) groups is 2. The van der Waals surface area contributed by atoms with Gasteiger partial charge in [0, 0.05) is 23.6 Å². The van der Waals surface area contributed by atoms with Gasteiger partial charge in [0.15, 0.2) is 5.17 Å². The Hall–Kier alpha value is 0.170. The van der Waals surface area contributed by atoms with E-state index >= 15 is 0 Å². The number of rotatable bonds is 7. The highest BCUT2D eigenvalue weighted by molar-refractivity contribution is 8.13. The fourth-order valence-electron chi connectivity index (χ4n) is 2.43. The molecule has 0 amide bonds. The molecule has 0 saturated heterocycles. The molecule has 112 valence electrons. The van der Waals surface area contributed by atoms with Crippen molar-refractivity contribution in [1.82, 2.24) is 5.32 Å². The van der Waals surface area contributed by atoms with Gasteiger partial charge in [-0.25, -0.2) is 0 Å². The molecule has 1 heterocycles. The van der Waals surface area contributed by atoms with Crippen LogP contribution in [-0.4, -0.2) is 35.0 Å². The smallest absolute Gasteiger partial charge is 0.156 e. The average Bonchev–Trinajstić information content (AvgIpc) is 2.50. The summed E-state index contributed by atoms with van der Waals surface area (Å²) in [4.78, 5) is 4.79. The first kappa shape index (κ1) is 17.2. The summed E-state index contributed by atoms with van der Waals surface area (Å²) in [6, 6.07) is 0. The van der Waals surface area contributed by atoms with Crippen LogP contribution in [0.25, 0.3) is 0 Å². The minimum Gasteiger partial charge on any atom is -0.364 e. The molecular weight excluding hydrogens is 272 g/mol. The summed E-state index contributed by atoms with van der Waals surface area (Å²) >= 11 is 3.91. The molecule has 0 aromatic carbocycles. The van der Waals surface area contributed by atoms with Crippen molar-refractivity contribution < 1.29 is 0 Å². The van der Waals surface area contributed by atoms with E-state index in [0.717, 1.165) is 18.3 Å². The van der Waals surface area contributed by atoms with Gasteiger partial charge in [-0.2, -0.15) is 11.8 Å². The van der Waals surface area contributed by atoms with Gasteiger partial charge in [-0.15, -0.1) is 0 Å². The summed E-state index contributed by atoms with van der Waals surface area (Å²) < 4.78 is 0.368. The Morgan fingerprint density at radius 3 is 2.26 bits per heavy atom. The number of nitrogens with zero attached hydrogens (tertiary/aromatic N) is 1. The molecule has 1 N–H and O–H groups in total. The van der Waals surface area contributed by atoms with E-state index in [1.807, 2.05) is 23.5 Å². The fourth-order valence-corrected chi connectivity index (χ4v) is 4.50. The van der Waals surface area contributed by atoms with Crippen LogP contribution in [0.4, 0.5) is 0 Å². The van der Waals surface area contributed by atoms with Crippen LogP contribution >= 0.6 is 23.5 Å². The molecule has 0 radical (unpaired) electrons. The van der Waals surface area contributed by atoms with E-state index in [0.29, 0.717) is 10.2 Å². The molecular formula is C15H30N2S2. The zero-order valence-corrected chi connectivity index (χ0v) is 14.8. The van der Waals surface area contributed by atoms with Crippen molar-refractivity contribution in [3.05, 3.63) is 0 Å². The highest BCUT2D eigenvalue weighted by Gasteiger charge is 2.31. The van der Waals surface area contributed by atoms with Crippen molar-refractivity contribution >= 4 is 28.7 Å². The molecule has 0 unspecified atom stereocenters. The Morgan fingerprint density at radius 1 is 1.26 bits per heavy atom. The van der Waals surface area contributed by atoms with Crippen molar-refractivity contribution in [3.63, 3.8) is 0 Å². The first-order valence-corrected chi connectivity index (χ1v) is 9.76. The molecule has 1 rings (SSSR count). The quantitative estimate of drug-likeness (QED) is 0.754. The van der Waals surface area contributed by atoms with E-state index in [1.54, 1.807) is 0 Å². The molecule has 0 fully saturated rings. The fraction of sp³-hybridized carbons (Fsp3) is 0.933. The van der Waals surface area contributed by atoms with Crippen LogP contribution in [0.2, 0.25) is 0 Å². The molecule has 0 aliphatic carbocycles. The highest BCUT2D eigenvalue weighted by atomic mass is 32.2. The lowest BCUT2D eigenvalue weighted by Crippen LogP contribution is -2.41. The van der Waals surface area contributed by atoms with Crippen LogP contribution in [0, 0.1) is 5.41 Å². The van der Waals surface area contributed by atoms with Gasteiger partial charge in [-0.3, -0.25) is 4.99 Å². The van der Waals surface area contributed by atoms with Crippen LogP contribution in [0.5, 0.6) is 0 Å². The van der Waals surface area contributed by atoms with E-state index in [-0.39, 0.29) is 0 Å². The second-order valence-electron chi connectivity index (χ2n) is 5.56. The molecule has 0 bridgehead atoms. The van der Waals surface area contributed by atoms with E-state index in [9.17, 15) is 0 Å². The van der Waals surface area contributed by atoms with Crippen molar-refractivity contribution in [2.75, 3.05) is 25.1 Å². The number of aliphatic imine (C=N–C) groups is 1. The number of nitrogens with one attached hydrogen (secondary N) is 1. The van der Waals surface area contributed by atoms with Crippen LogP contribution in [0.15, 0.2) is 4.99 Å². The maximum atomic E-state index is 4.79. The highest BCUT2D eigenvalue weighted by Crippen LogP contribution is 2.35. The maximum Gasteiger partial charge on any atom is 0.156 e. The first-order valence-electron chi connectivity index (χ1n) is 7.55. The number of hydrogen-bond donors (Lipinski definition) is 1. The Labute approximate surface area is 128 Å². The summed E-state index contributed by atoms with van der Waals surface area (Å²) in [5, 5.41) is 4.76. The third-order valence-corrected chi connectivity index (χ3v) is 7.75. The van der Waals surface area contributed by atoms with E-state index in [1.165, 1.54) is 31.4 Å². The van der Waals surface area contributed by atoms with E-state index in [2.05, 4.69) is 39.3 Å². The molecule has 0 aromatic heterocycles. The third-order valence-electron chi connectivity index (χ3n) is 4.86. The van der Waals surface area contributed by atoms with Gasteiger partial charge >= 0.3 is 0 Å². The molecule has 0 saturated carbocycles. The van der Waals surface area contributed by atoms with Gasteiger partial charge in [0.05, 0.1) is 0 Å². The normalized spacial score (nSPS) is 19.1. The van der Waals surface area contributed by atoms with Crippen LogP contribution in [0.1, 0.15) is 53.4 Å². The van der Waals surface area contributed by atoms with E-state index < -0.39 is 0 Å². The van der Waals surface area contributed by atoms with Gasteiger partial charge in [0.25, 0.3) is 0 Å². The molecule has 0 aromatic rings. The lowest BCUT2D eigenvalue weighted by atomic mass is 9.84. The van der Waals surface area contributed by atoms with Crippen molar-refractivity contribution in [1.29, 1.82) is 0 Å². The molecule has 2 nitrogen and oxygen atoms in total. The van der Waals surface area contributed by atoms with Gasteiger partial charge in [-0.1, -0.05) is 39.5 Å². The largest absolute Gasteiger partial charge is 0.364 e. The topological polar surface area (TPSA) is 24.4 Å². The van der Waals surface area contributed by atoms with E-state index in [4.69, 9.17) is 4.99 Å². The van der Waals surface area contributed by atoms with Crippen molar-refractivity contribution in [2.45, 2.75) is 58.1 Å². The van der Waals surface area contributed by atoms with Crippen LogP contribution in [-0.2, 0) is 0 Å². The minimum absolute atomic E-state index is 0.368. The standard InChI is InChI=1S/C15H30N2S2/c1-6-14(7-2)10-16-13(19-12-14)17-11-15(8-3,9-4)18-5/h6-12H2,1-5H3,(H,16,17). The van der Waals surface area contributed by atoms with Gasteiger partial charge < -0.3 is 5.32 Å². The summed E-state index contributed by atoms with van der Waals surface area (Å²) in [6.45, 7) is 11.2. The number of amidine groups is 1. The molecule has 1 aliphatic heterocycles. The molecule has 0 spiro atoms. The van der Waals surface area contributed by atoms with Gasteiger partial charge in [-0.05, 0) is 37.4 Å². The zero-order chi connectivity index (χ0) is 14.4. The Morgan fingerprint density at radius 2 is 1.89 bits per heavy atom. The Kier molecular flexibility index (Phi) is 7.09. The predicted molar refractivity (Wildman–Crippen MR) is 92.6 cm³/mol. The molecule has 19 heavy (non-hydrogen) atoms. The minimum atomic E-state index is 0.368. The zero-order valence-electron chi connectivity index (χ0n) is 13.2. The second-order valence-corrected chi connectivity index (χ2v) is 7.80. The SMILES string of the molecule is CCC1(CC)CN=C(NCC(CC)(CC)SC)SC1. The second kappa shape index (κ2) is 7.82. The van der Waals surface area contributed by atoms with Crippen molar-refractivity contribution in [3.8, 4) is 0 Å². The number of hydrogen-bond acceptors (Lipinski definition) is 4. The molecule has 0 atom stereocenters. The lowest BCUT2D eigenvalue weighted by Gasteiger charge is -2.35. The van der Waals surface area contributed by atoms with Crippen LogP contribution in [0.3, 0.4) is 0 Å². The van der Waals surface area contributed by atoms with Crippen LogP contribution < -0.4 is 5.32 Å². The summed E-state index contributed by atoms with van der Waals surface area (Å²) in [7, 11) is 0. The first-order chi connectivity index (χ1) is 9.09. The summed E-state index contributed by atoms with van der Waals surface area (Å²) in [5.41, 5.74) is 0.446. The van der Waals surface area contributed by atoms with Crippen molar-refractivity contribution in [2.24, 2.45) is 10.4 Å². The van der Waals surface area contributed by atoms with Gasteiger partial charge in [0.2, 0.25) is 0 Å². The maximum absolute atomic E-state index is 4.79. The molecule has 4 heteroatoms. The lowest BCUT2D eigenvalue weighted by molar-refractivity contribution is 0.318. The Bertz CT molecular complexity index is 286. The summed E-state index contributed by atoms with van der Waals surface area (Å²) in [5.74, 6) is 1.22. The predicted octanol–water partition coefficient (Wildman–Crippen LogP) is 4.41. The summed E-state index contributed by atoms with van der Waals surface area (Å²) in [6.07, 6.45) is 7.13. The average molecular weight is 303 g/mol. The van der Waals surface area contributed by atoms with Gasteiger partial charge in [0.1, 0.15) is 0 Å².